The summed E-state index contributed by atoms with van der Waals surface area (Å²) in [4.78, 5) is 29.8. The lowest BCUT2D eigenvalue weighted by Crippen LogP contribution is -2.50. The Hall–Kier alpha value is -3.51. The van der Waals surface area contributed by atoms with Crippen LogP contribution in [0, 0.1) is 6.92 Å². The molecule has 0 spiro atoms. The number of carbonyl (C=O) groups excluding carboxylic acids is 2. The van der Waals surface area contributed by atoms with E-state index in [0.29, 0.717) is 35.0 Å². The molecule has 1 amide bonds. The van der Waals surface area contributed by atoms with Crippen LogP contribution in [0.2, 0.25) is 5.02 Å². The largest absolute Gasteiger partial charge is 0.483 e. The first-order valence-corrected chi connectivity index (χ1v) is 11.2. The lowest BCUT2D eigenvalue weighted by Gasteiger charge is -2.36. The fourth-order valence-corrected chi connectivity index (χ4v) is 4.02. The first kappa shape index (κ1) is 22.7. The van der Waals surface area contributed by atoms with Crippen molar-refractivity contribution in [2.45, 2.75) is 6.92 Å². The molecule has 6 nitrogen and oxygen atoms in total. The van der Waals surface area contributed by atoms with Crippen LogP contribution >= 0.6 is 11.6 Å². The second-order valence-electron chi connectivity index (χ2n) is 8.03. The normalized spacial score (nSPS) is 13.6. The molecule has 1 aliphatic rings. The van der Waals surface area contributed by atoms with Crippen LogP contribution < -0.4 is 15.4 Å². The van der Waals surface area contributed by atoms with Gasteiger partial charge in [-0.3, -0.25) is 9.59 Å². The molecule has 0 aromatic heterocycles. The first-order chi connectivity index (χ1) is 15.9. The van der Waals surface area contributed by atoms with Crippen LogP contribution in [0.15, 0.2) is 66.7 Å². The van der Waals surface area contributed by atoms with Crippen molar-refractivity contribution in [3.63, 3.8) is 0 Å². The standard InChI is InChI=1S/C26H26ClN3O3/c1-18-15-21(8-9-23(18)28)29-11-13-30(14-12-29)25(31)17-33-24-10-7-20(27)16-22(24)26(32)19-5-3-2-4-6-19/h2-10,15-16H,11-14,17,28H2,1H3. The summed E-state index contributed by atoms with van der Waals surface area (Å²) in [6, 6.07) is 19.8. The average Bonchev–Trinajstić information content (AvgIpc) is 2.85. The van der Waals surface area contributed by atoms with Crippen LogP contribution in [0.4, 0.5) is 11.4 Å². The molecule has 33 heavy (non-hydrogen) atoms. The zero-order chi connectivity index (χ0) is 23.4. The quantitative estimate of drug-likeness (QED) is 0.438. The van der Waals surface area contributed by atoms with Crippen molar-refractivity contribution in [3.8, 4) is 5.75 Å². The maximum absolute atomic E-state index is 12.9. The molecule has 2 N–H and O–H groups in total. The van der Waals surface area contributed by atoms with Crippen molar-refractivity contribution in [2.75, 3.05) is 43.4 Å². The molecule has 0 saturated carbocycles. The lowest BCUT2D eigenvalue weighted by molar-refractivity contribution is -0.133. The van der Waals surface area contributed by atoms with E-state index in [1.165, 1.54) is 0 Å². The molecule has 0 atom stereocenters. The highest BCUT2D eigenvalue weighted by molar-refractivity contribution is 6.31. The maximum Gasteiger partial charge on any atom is 0.260 e. The van der Waals surface area contributed by atoms with Crippen molar-refractivity contribution >= 4 is 34.7 Å². The van der Waals surface area contributed by atoms with Gasteiger partial charge in [0.1, 0.15) is 5.75 Å². The van der Waals surface area contributed by atoms with Crippen molar-refractivity contribution in [2.24, 2.45) is 0 Å². The van der Waals surface area contributed by atoms with Crippen molar-refractivity contribution < 1.29 is 14.3 Å². The van der Waals surface area contributed by atoms with Crippen LogP contribution in [-0.4, -0.2) is 49.4 Å². The highest BCUT2D eigenvalue weighted by Gasteiger charge is 2.23. The molecule has 0 bridgehead atoms. The Morgan fingerprint density at radius 3 is 2.39 bits per heavy atom. The Bertz CT molecular complexity index is 1160. The third-order valence-corrected chi connectivity index (χ3v) is 6.06. The number of hydrogen-bond donors (Lipinski definition) is 1. The van der Waals surface area contributed by atoms with E-state index in [-0.39, 0.29) is 18.3 Å². The van der Waals surface area contributed by atoms with Crippen LogP contribution in [0.3, 0.4) is 0 Å². The first-order valence-electron chi connectivity index (χ1n) is 10.8. The predicted octanol–water partition coefficient (Wildman–Crippen LogP) is 4.19. The number of anilines is 2. The third-order valence-electron chi connectivity index (χ3n) is 5.82. The number of aryl methyl sites for hydroxylation is 1. The minimum atomic E-state index is -0.201. The Morgan fingerprint density at radius 1 is 0.970 bits per heavy atom. The maximum atomic E-state index is 12.9. The summed E-state index contributed by atoms with van der Waals surface area (Å²) in [6.45, 7) is 4.51. The molecule has 1 fully saturated rings. The number of amides is 1. The molecule has 0 unspecified atom stereocenters. The Balaban J connectivity index is 1.38. The average molecular weight is 464 g/mol. The molecular formula is C26H26ClN3O3. The molecular weight excluding hydrogens is 438 g/mol. The van der Waals surface area contributed by atoms with E-state index in [9.17, 15) is 9.59 Å². The highest BCUT2D eigenvalue weighted by atomic mass is 35.5. The number of ketones is 1. The number of nitrogens with two attached hydrogens (primary N) is 1. The summed E-state index contributed by atoms with van der Waals surface area (Å²) in [5.74, 6) is 0.0294. The number of benzene rings is 3. The van der Waals surface area contributed by atoms with Gasteiger partial charge in [0.05, 0.1) is 5.56 Å². The van der Waals surface area contributed by atoms with Gasteiger partial charge in [0, 0.05) is 48.1 Å². The van der Waals surface area contributed by atoms with Crippen LogP contribution in [0.25, 0.3) is 0 Å². The predicted molar refractivity (Wildman–Crippen MR) is 131 cm³/mol. The molecule has 1 saturated heterocycles. The molecule has 0 aliphatic carbocycles. The molecule has 0 radical (unpaired) electrons. The molecule has 170 valence electrons. The van der Waals surface area contributed by atoms with E-state index in [1.807, 2.05) is 25.1 Å². The zero-order valence-corrected chi connectivity index (χ0v) is 19.2. The van der Waals surface area contributed by atoms with E-state index >= 15 is 0 Å². The molecule has 4 rings (SSSR count). The van der Waals surface area contributed by atoms with Gasteiger partial charge in [0.15, 0.2) is 12.4 Å². The van der Waals surface area contributed by atoms with Gasteiger partial charge in [0.2, 0.25) is 0 Å². The van der Waals surface area contributed by atoms with E-state index in [0.717, 1.165) is 30.0 Å². The fourth-order valence-electron chi connectivity index (χ4n) is 3.85. The van der Waals surface area contributed by atoms with Crippen LogP contribution in [-0.2, 0) is 4.79 Å². The molecule has 3 aromatic carbocycles. The third kappa shape index (κ3) is 5.29. The van der Waals surface area contributed by atoms with Crippen LogP contribution in [0.5, 0.6) is 5.75 Å². The van der Waals surface area contributed by atoms with Crippen molar-refractivity contribution in [1.82, 2.24) is 4.90 Å². The Labute approximate surface area is 198 Å². The van der Waals surface area contributed by atoms with E-state index < -0.39 is 0 Å². The van der Waals surface area contributed by atoms with Gasteiger partial charge in [-0.25, -0.2) is 0 Å². The smallest absolute Gasteiger partial charge is 0.260 e. The SMILES string of the molecule is Cc1cc(N2CCN(C(=O)COc3ccc(Cl)cc3C(=O)c3ccccc3)CC2)ccc1N. The van der Waals surface area contributed by atoms with Gasteiger partial charge in [0.25, 0.3) is 5.91 Å². The van der Waals surface area contributed by atoms with Crippen LogP contribution in [0.1, 0.15) is 21.5 Å². The molecule has 7 heteroatoms. The summed E-state index contributed by atoms with van der Waals surface area (Å²) < 4.78 is 5.79. The van der Waals surface area contributed by atoms with Gasteiger partial charge in [-0.2, -0.15) is 0 Å². The molecule has 1 heterocycles. The van der Waals surface area contributed by atoms with E-state index in [4.69, 9.17) is 22.1 Å². The van der Waals surface area contributed by atoms with Gasteiger partial charge in [-0.15, -0.1) is 0 Å². The number of piperazine rings is 1. The van der Waals surface area contributed by atoms with Gasteiger partial charge < -0.3 is 20.3 Å². The minimum absolute atomic E-state index is 0.115. The number of carbonyl (C=O) groups is 2. The van der Waals surface area contributed by atoms with Crippen molar-refractivity contribution in [3.05, 3.63) is 88.4 Å². The van der Waals surface area contributed by atoms with Crippen molar-refractivity contribution in [1.29, 1.82) is 0 Å². The van der Waals surface area contributed by atoms with Gasteiger partial charge in [-0.1, -0.05) is 41.9 Å². The fraction of sp³-hybridized carbons (Fsp3) is 0.231. The number of nitrogens with zero attached hydrogens (tertiary/aromatic N) is 2. The Kier molecular flexibility index (Phi) is 6.84. The number of rotatable bonds is 6. The number of hydrogen-bond acceptors (Lipinski definition) is 5. The topological polar surface area (TPSA) is 75.9 Å². The van der Waals surface area contributed by atoms with E-state index in [2.05, 4.69) is 11.0 Å². The molecule has 3 aromatic rings. The number of ether oxygens (including phenoxy) is 1. The summed E-state index contributed by atoms with van der Waals surface area (Å²) in [7, 11) is 0. The number of nitrogen functional groups attached to an aromatic ring is 1. The molecule has 1 aliphatic heterocycles. The van der Waals surface area contributed by atoms with Gasteiger partial charge >= 0.3 is 0 Å². The highest BCUT2D eigenvalue weighted by Crippen LogP contribution is 2.26. The lowest BCUT2D eigenvalue weighted by atomic mass is 10.0. The summed E-state index contributed by atoms with van der Waals surface area (Å²) in [6.07, 6.45) is 0. The summed E-state index contributed by atoms with van der Waals surface area (Å²) >= 11 is 6.12. The van der Waals surface area contributed by atoms with Gasteiger partial charge in [-0.05, 0) is 48.9 Å². The monoisotopic (exact) mass is 463 g/mol. The summed E-state index contributed by atoms with van der Waals surface area (Å²) in [5, 5.41) is 0.432. The minimum Gasteiger partial charge on any atom is -0.483 e. The summed E-state index contributed by atoms with van der Waals surface area (Å²) in [5.41, 5.74) is 9.71. The second-order valence-corrected chi connectivity index (χ2v) is 8.47. The Morgan fingerprint density at radius 2 is 1.70 bits per heavy atom. The van der Waals surface area contributed by atoms with E-state index in [1.54, 1.807) is 47.4 Å². The second kappa shape index (κ2) is 9.96. The zero-order valence-electron chi connectivity index (χ0n) is 18.5. The number of halogens is 1.